The van der Waals surface area contributed by atoms with Crippen LogP contribution in [0.25, 0.3) is 0 Å². The molecular weight excluding hydrogens is 414 g/mol. The van der Waals surface area contributed by atoms with Crippen molar-refractivity contribution in [3.05, 3.63) is 53.6 Å². The van der Waals surface area contributed by atoms with Crippen LogP contribution in [0.2, 0.25) is 5.02 Å². The van der Waals surface area contributed by atoms with Gasteiger partial charge in [0.05, 0.1) is 10.6 Å². The largest absolute Gasteiger partial charge is 0.324 e. The van der Waals surface area contributed by atoms with Crippen molar-refractivity contribution in [2.45, 2.75) is 16.6 Å². The number of hydrogen-bond donors (Lipinski definition) is 1. The SMILES string of the molecule is CN(C)CCCN1C(=O)C(C(=O)Nc2ccc(Cl)cc2)S(=O)(=O)c2ccccc21. The van der Waals surface area contributed by atoms with E-state index in [1.807, 2.05) is 19.0 Å². The second-order valence-electron chi connectivity index (χ2n) is 7.04. The Labute approximate surface area is 175 Å². The summed E-state index contributed by atoms with van der Waals surface area (Å²) in [5, 5.41) is 1.15. The lowest BCUT2D eigenvalue weighted by atomic mass is 10.2. The number of anilines is 2. The van der Waals surface area contributed by atoms with Crippen molar-refractivity contribution in [3.63, 3.8) is 0 Å². The number of benzene rings is 2. The van der Waals surface area contributed by atoms with Crippen LogP contribution in [0.5, 0.6) is 0 Å². The summed E-state index contributed by atoms with van der Waals surface area (Å²) in [6.07, 6.45) is 0.638. The molecule has 2 amide bonds. The first-order chi connectivity index (χ1) is 13.7. The van der Waals surface area contributed by atoms with E-state index in [-0.39, 0.29) is 4.90 Å². The zero-order valence-corrected chi connectivity index (χ0v) is 17.7. The van der Waals surface area contributed by atoms with Gasteiger partial charge < -0.3 is 15.1 Å². The Morgan fingerprint density at radius 1 is 1.14 bits per heavy atom. The lowest BCUT2D eigenvalue weighted by Crippen LogP contribution is -2.53. The summed E-state index contributed by atoms with van der Waals surface area (Å²) in [5.41, 5.74) is 0.673. The number of amides is 2. The molecule has 1 unspecified atom stereocenters. The molecule has 1 aliphatic heterocycles. The highest BCUT2D eigenvalue weighted by molar-refractivity contribution is 7.94. The molecule has 0 saturated heterocycles. The number of carbonyl (C=O) groups excluding carboxylic acids is 2. The van der Waals surface area contributed by atoms with E-state index in [0.717, 1.165) is 6.54 Å². The molecular formula is C20H22ClN3O4S. The van der Waals surface area contributed by atoms with Crippen LogP contribution in [-0.2, 0) is 19.4 Å². The predicted molar refractivity (Wildman–Crippen MR) is 113 cm³/mol. The summed E-state index contributed by atoms with van der Waals surface area (Å²) < 4.78 is 26.2. The van der Waals surface area contributed by atoms with Gasteiger partial charge in [0.25, 0.3) is 11.8 Å². The van der Waals surface area contributed by atoms with Crippen LogP contribution < -0.4 is 10.2 Å². The van der Waals surface area contributed by atoms with Crippen LogP contribution in [0.1, 0.15) is 6.42 Å². The molecule has 7 nitrogen and oxygen atoms in total. The molecule has 29 heavy (non-hydrogen) atoms. The van der Waals surface area contributed by atoms with Gasteiger partial charge in [-0.05, 0) is 63.5 Å². The Balaban J connectivity index is 1.95. The van der Waals surface area contributed by atoms with Crippen LogP contribution in [-0.4, -0.2) is 57.6 Å². The number of fused-ring (bicyclic) bond motifs is 1. The van der Waals surface area contributed by atoms with E-state index in [2.05, 4.69) is 5.32 Å². The summed E-state index contributed by atoms with van der Waals surface area (Å²) in [5.74, 6) is -1.63. The number of hydrogen-bond acceptors (Lipinski definition) is 5. The van der Waals surface area contributed by atoms with E-state index in [0.29, 0.717) is 29.4 Å². The summed E-state index contributed by atoms with van der Waals surface area (Å²) >= 11 is 5.84. The van der Waals surface area contributed by atoms with Crippen molar-refractivity contribution in [2.24, 2.45) is 0 Å². The van der Waals surface area contributed by atoms with Gasteiger partial charge in [0, 0.05) is 17.3 Å². The normalized spacial score (nSPS) is 17.9. The number of halogens is 1. The van der Waals surface area contributed by atoms with Gasteiger partial charge in [0.1, 0.15) is 0 Å². The van der Waals surface area contributed by atoms with Gasteiger partial charge in [-0.25, -0.2) is 8.42 Å². The fourth-order valence-electron chi connectivity index (χ4n) is 3.21. The van der Waals surface area contributed by atoms with Crippen molar-refractivity contribution < 1.29 is 18.0 Å². The van der Waals surface area contributed by atoms with E-state index in [1.165, 1.54) is 11.0 Å². The van der Waals surface area contributed by atoms with Crippen molar-refractivity contribution in [2.75, 3.05) is 37.4 Å². The number of nitrogens with one attached hydrogen (secondary N) is 1. The van der Waals surface area contributed by atoms with Gasteiger partial charge in [-0.2, -0.15) is 0 Å². The van der Waals surface area contributed by atoms with Crippen molar-refractivity contribution in [1.29, 1.82) is 0 Å². The Morgan fingerprint density at radius 3 is 2.45 bits per heavy atom. The number of sulfone groups is 1. The number of carbonyl (C=O) groups is 2. The van der Waals surface area contributed by atoms with Crippen LogP contribution in [0.15, 0.2) is 53.4 Å². The molecule has 0 radical (unpaired) electrons. The average molecular weight is 436 g/mol. The van der Waals surface area contributed by atoms with Crippen molar-refractivity contribution in [1.82, 2.24) is 4.90 Å². The summed E-state index contributed by atoms with van der Waals surface area (Å²) in [6.45, 7) is 1.04. The molecule has 1 heterocycles. The number of nitrogens with zero attached hydrogens (tertiary/aromatic N) is 2. The molecule has 0 aliphatic carbocycles. The molecule has 2 aromatic rings. The van der Waals surface area contributed by atoms with E-state index < -0.39 is 26.9 Å². The molecule has 154 valence electrons. The molecule has 0 spiro atoms. The summed E-state index contributed by atoms with van der Waals surface area (Å²) in [6, 6.07) is 12.5. The monoisotopic (exact) mass is 435 g/mol. The lowest BCUT2D eigenvalue weighted by Gasteiger charge is -2.33. The minimum Gasteiger partial charge on any atom is -0.324 e. The molecule has 1 N–H and O–H groups in total. The third-order valence-electron chi connectivity index (χ3n) is 4.60. The second-order valence-corrected chi connectivity index (χ2v) is 9.47. The fraction of sp³-hybridized carbons (Fsp3) is 0.300. The van der Waals surface area contributed by atoms with Crippen molar-refractivity contribution >= 4 is 44.6 Å². The van der Waals surface area contributed by atoms with E-state index in [4.69, 9.17) is 11.6 Å². The van der Waals surface area contributed by atoms with Gasteiger partial charge >= 0.3 is 0 Å². The van der Waals surface area contributed by atoms with Gasteiger partial charge in [0.2, 0.25) is 15.1 Å². The molecule has 0 saturated carbocycles. The average Bonchev–Trinajstić information content (AvgIpc) is 2.66. The molecule has 3 rings (SSSR count). The Hall–Kier alpha value is -2.42. The quantitative estimate of drug-likeness (QED) is 0.704. The van der Waals surface area contributed by atoms with E-state index in [9.17, 15) is 18.0 Å². The maximum Gasteiger partial charge on any atom is 0.255 e. The molecule has 2 aromatic carbocycles. The molecule has 0 aromatic heterocycles. The predicted octanol–water partition coefficient (Wildman–Crippen LogP) is 2.42. The highest BCUT2D eigenvalue weighted by Gasteiger charge is 2.48. The Bertz CT molecular complexity index is 1020. The molecule has 0 fully saturated rings. The van der Waals surface area contributed by atoms with Gasteiger partial charge in [-0.15, -0.1) is 0 Å². The second kappa shape index (κ2) is 8.52. The maximum atomic E-state index is 13.1. The zero-order valence-electron chi connectivity index (χ0n) is 16.1. The number of rotatable bonds is 6. The third-order valence-corrected chi connectivity index (χ3v) is 6.85. The summed E-state index contributed by atoms with van der Waals surface area (Å²) in [7, 11) is -0.343. The van der Waals surface area contributed by atoms with Gasteiger partial charge in [-0.3, -0.25) is 9.59 Å². The first kappa shape index (κ1) is 21.3. The van der Waals surface area contributed by atoms with E-state index in [1.54, 1.807) is 42.5 Å². The third kappa shape index (κ3) is 4.44. The Kier molecular flexibility index (Phi) is 6.26. The van der Waals surface area contributed by atoms with Crippen molar-refractivity contribution in [3.8, 4) is 0 Å². The minimum absolute atomic E-state index is 0.0132. The standard InChI is InChI=1S/C20H22ClN3O4S/c1-23(2)12-5-13-24-16-6-3-4-7-17(16)29(27,28)18(20(24)26)19(25)22-15-10-8-14(21)9-11-15/h3-4,6-11,18H,5,12-13H2,1-2H3,(H,22,25). The first-order valence-electron chi connectivity index (χ1n) is 9.07. The topological polar surface area (TPSA) is 86.8 Å². The van der Waals surface area contributed by atoms with Gasteiger partial charge in [-0.1, -0.05) is 23.7 Å². The van der Waals surface area contributed by atoms with Crippen LogP contribution in [0, 0.1) is 0 Å². The van der Waals surface area contributed by atoms with Gasteiger partial charge in [0.15, 0.2) is 0 Å². The zero-order chi connectivity index (χ0) is 21.2. The van der Waals surface area contributed by atoms with Crippen LogP contribution in [0.4, 0.5) is 11.4 Å². The maximum absolute atomic E-state index is 13.1. The molecule has 9 heteroatoms. The molecule has 1 aliphatic rings. The lowest BCUT2D eigenvalue weighted by molar-refractivity contribution is -0.124. The highest BCUT2D eigenvalue weighted by Crippen LogP contribution is 2.35. The van der Waals surface area contributed by atoms with Crippen LogP contribution in [0.3, 0.4) is 0 Å². The molecule has 0 bridgehead atoms. The first-order valence-corrected chi connectivity index (χ1v) is 11.0. The Morgan fingerprint density at radius 2 is 1.79 bits per heavy atom. The van der Waals surface area contributed by atoms with Crippen LogP contribution >= 0.6 is 11.6 Å². The number of para-hydroxylation sites is 1. The minimum atomic E-state index is -4.17. The highest BCUT2D eigenvalue weighted by atomic mass is 35.5. The molecule has 1 atom stereocenters. The fourth-order valence-corrected chi connectivity index (χ4v) is 5.06. The smallest absolute Gasteiger partial charge is 0.255 e. The van der Waals surface area contributed by atoms with E-state index >= 15 is 0 Å². The summed E-state index contributed by atoms with van der Waals surface area (Å²) in [4.78, 5) is 29.3.